The molecule has 1 N–H and O–H groups in total. The van der Waals surface area contributed by atoms with Crippen molar-refractivity contribution in [3.63, 3.8) is 0 Å². The number of rotatable bonds is 0. The lowest BCUT2D eigenvalue weighted by molar-refractivity contribution is -0.119. The molecule has 0 saturated carbocycles. The number of benzene rings is 1. The number of hydrogen-bond donors (Lipinski definition) is 1. The number of hydrogen-bond acceptors (Lipinski definition) is 2. The molecule has 1 amide bonds. The van der Waals surface area contributed by atoms with Crippen molar-refractivity contribution >= 4 is 22.6 Å². The topological polar surface area (TPSA) is 46.9 Å². The molecule has 0 saturated heterocycles. The Kier molecular flexibility index (Phi) is 1.46. The lowest BCUT2D eigenvalue weighted by atomic mass is 10.2. The van der Waals surface area contributed by atoms with Crippen LogP contribution in [0.5, 0.6) is 0 Å². The molecule has 0 aliphatic carbocycles. The summed E-state index contributed by atoms with van der Waals surface area (Å²) in [6.45, 7) is 3.82. The van der Waals surface area contributed by atoms with Crippen molar-refractivity contribution < 1.29 is 4.79 Å². The molecule has 76 valence electrons. The van der Waals surface area contributed by atoms with Gasteiger partial charge in [-0.1, -0.05) is 6.07 Å². The third kappa shape index (κ3) is 0.960. The maximum Gasteiger partial charge on any atom is 0.247 e. The van der Waals surface area contributed by atoms with E-state index in [0.29, 0.717) is 0 Å². The van der Waals surface area contributed by atoms with E-state index >= 15 is 0 Å². The number of carbonyl (C=O) groups excluding carboxylic acids is 1. The van der Waals surface area contributed by atoms with E-state index in [9.17, 15) is 4.79 Å². The second-order valence-corrected chi connectivity index (χ2v) is 3.87. The smallest absolute Gasteiger partial charge is 0.247 e. The second-order valence-electron chi connectivity index (χ2n) is 3.87. The third-order valence-electron chi connectivity index (χ3n) is 2.91. The Morgan fingerprint density at radius 1 is 1.47 bits per heavy atom. The summed E-state index contributed by atoms with van der Waals surface area (Å²) < 4.78 is 1.99. The Balaban J connectivity index is 2.48. The van der Waals surface area contributed by atoms with Crippen LogP contribution in [0.25, 0.3) is 11.0 Å². The standard InChI is InChI=1S/C11H11N3O/c1-6-11(15)13-9-5-3-4-8-10(9)14(6)7(2)12-8/h3-6H,1-2H3,(H,13,15). The lowest BCUT2D eigenvalue weighted by Crippen LogP contribution is -2.28. The average Bonchev–Trinajstić information content (AvgIpc) is 2.53. The van der Waals surface area contributed by atoms with Gasteiger partial charge in [0.1, 0.15) is 11.9 Å². The van der Waals surface area contributed by atoms with E-state index in [1.54, 1.807) is 0 Å². The highest BCUT2D eigenvalue weighted by Gasteiger charge is 2.26. The molecule has 1 aliphatic heterocycles. The number of aryl methyl sites for hydroxylation is 1. The molecule has 1 aromatic carbocycles. The fraction of sp³-hybridized carbons (Fsp3) is 0.273. The van der Waals surface area contributed by atoms with Crippen molar-refractivity contribution in [3.05, 3.63) is 24.0 Å². The van der Waals surface area contributed by atoms with Crippen molar-refractivity contribution in [2.45, 2.75) is 19.9 Å². The third-order valence-corrected chi connectivity index (χ3v) is 2.91. The first kappa shape index (κ1) is 8.47. The Morgan fingerprint density at radius 3 is 3.07 bits per heavy atom. The number of carbonyl (C=O) groups is 1. The molecule has 0 spiro atoms. The van der Waals surface area contributed by atoms with Gasteiger partial charge in [0.25, 0.3) is 0 Å². The first-order valence-electron chi connectivity index (χ1n) is 4.97. The van der Waals surface area contributed by atoms with Gasteiger partial charge in [-0.25, -0.2) is 4.98 Å². The number of nitrogens with one attached hydrogen (secondary N) is 1. The minimum atomic E-state index is -0.176. The maximum atomic E-state index is 11.7. The zero-order chi connectivity index (χ0) is 10.6. The highest BCUT2D eigenvalue weighted by Crippen LogP contribution is 2.31. The molecular weight excluding hydrogens is 190 g/mol. The van der Waals surface area contributed by atoms with E-state index in [1.807, 2.05) is 36.6 Å². The molecule has 2 aromatic rings. The lowest BCUT2D eigenvalue weighted by Gasteiger charge is -2.22. The van der Waals surface area contributed by atoms with Gasteiger partial charge < -0.3 is 9.88 Å². The number of anilines is 1. The summed E-state index contributed by atoms with van der Waals surface area (Å²) in [7, 11) is 0. The summed E-state index contributed by atoms with van der Waals surface area (Å²) in [5.41, 5.74) is 2.83. The Morgan fingerprint density at radius 2 is 2.27 bits per heavy atom. The number of amides is 1. The minimum absolute atomic E-state index is 0.0242. The molecule has 2 heterocycles. The number of nitrogens with zero attached hydrogens (tertiary/aromatic N) is 2. The van der Waals surface area contributed by atoms with Crippen LogP contribution in [-0.4, -0.2) is 15.5 Å². The average molecular weight is 201 g/mol. The summed E-state index contributed by atoms with van der Waals surface area (Å²) in [6.07, 6.45) is 0. The van der Waals surface area contributed by atoms with Gasteiger partial charge in [0.15, 0.2) is 0 Å². The van der Waals surface area contributed by atoms with Gasteiger partial charge in [-0.15, -0.1) is 0 Å². The fourth-order valence-corrected chi connectivity index (χ4v) is 2.19. The Hall–Kier alpha value is -1.84. The fourth-order valence-electron chi connectivity index (χ4n) is 2.19. The van der Waals surface area contributed by atoms with Crippen LogP contribution in [0.4, 0.5) is 5.69 Å². The summed E-state index contributed by atoms with van der Waals surface area (Å²) in [6, 6.07) is 5.60. The van der Waals surface area contributed by atoms with E-state index in [0.717, 1.165) is 22.5 Å². The Bertz CT molecular complexity index is 570. The normalized spacial score (nSPS) is 19.3. The zero-order valence-corrected chi connectivity index (χ0v) is 8.61. The molecule has 1 aromatic heterocycles. The first-order valence-corrected chi connectivity index (χ1v) is 4.97. The largest absolute Gasteiger partial charge is 0.322 e. The SMILES string of the molecule is Cc1nc2cccc3c2n1C(C)C(=O)N3. The van der Waals surface area contributed by atoms with Crippen LogP contribution in [0.3, 0.4) is 0 Å². The van der Waals surface area contributed by atoms with Crippen molar-refractivity contribution in [3.8, 4) is 0 Å². The van der Waals surface area contributed by atoms with Crippen molar-refractivity contribution in [2.24, 2.45) is 0 Å². The Labute approximate surface area is 86.9 Å². The van der Waals surface area contributed by atoms with Crippen molar-refractivity contribution in [2.75, 3.05) is 5.32 Å². The summed E-state index contributed by atoms with van der Waals surface area (Å²) in [5, 5.41) is 2.89. The van der Waals surface area contributed by atoms with Gasteiger partial charge in [0, 0.05) is 0 Å². The van der Waals surface area contributed by atoms with E-state index in [2.05, 4.69) is 10.3 Å². The second kappa shape index (κ2) is 2.59. The molecule has 1 unspecified atom stereocenters. The van der Waals surface area contributed by atoms with Gasteiger partial charge in [0.2, 0.25) is 5.91 Å². The predicted molar refractivity (Wildman–Crippen MR) is 57.8 cm³/mol. The van der Waals surface area contributed by atoms with Gasteiger partial charge in [-0.05, 0) is 26.0 Å². The molecule has 0 radical (unpaired) electrons. The highest BCUT2D eigenvalue weighted by molar-refractivity contribution is 6.05. The maximum absolute atomic E-state index is 11.7. The van der Waals surface area contributed by atoms with Crippen LogP contribution in [0.15, 0.2) is 18.2 Å². The van der Waals surface area contributed by atoms with Gasteiger partial charge in [-0.2, -0.15) is 0 Å². The summed E-state index contributed by atoms with van der Waals surface area (Å²) >= 11 is 0. The molecule has 0 fully saturated rings. The number of imidazole rings is 1. The van der Waals surface area contributed by atoms with Crippen LogP contribution in [0.1, 0.15) is 18.8 Å². The molecule has 15 heavy (non-hydrogen) atoms. The molecule has 4 nitrogen and oxygen atoms in total. The van der Waals surface area contributed by atoms with Crippen molar-refractivity contribution in [1.29, 1.82) is 0 Å². The van der Waals surface area contributed by atoms with E-state index in [4.69, 9.17) is 0 Å². The first-order chi connectivity index (χ1) is 7.18. The predicted octanol–water partition coefficient (Wildman–Crippen LogP) is 1.86. The number of aromatic nitrogens is 2. The van der Waals surface area contributed by atoms with E-state index in [1.165, 1.54) is 0 Å². The van der Waals surface area contributed by atoms with Crippen molar-refractivity contribution in [1.82, 2.24) is 9.55 Å². The van der Waals surface area contributed by atoms with Gasteiger partial charge in [-0.3, -0.25) is 4.79 Å². The molecule has 1 atom stereocenters. The minimum Gasteiger partial charge on any atom is -0.322 e. The summed E-state index contributed by atoms with van der Waals surface area (Å²) in [4.78, 5) is 16.1. The molecule has 3 rings (SSSR count). The van der Waals surface area contributed by atoms with E-state index in [-0.39, 0.29) is 11.9 Å². The molecule has 0 bridgehead atoms. The highest BCUT2D eigenvalue weighted by atomic mass is 16.2. The van der Waals surface area contributed by atoms with Gasteiger partial charge >= 0.3 is 0 Å². The molecular formula is C11H11N3O. The number of para-hydroxylation sites is 1. The van der Waals surface area contributed by atoms with Crippen LogP contribution in [-0.2, 0) is 4.79 Å². The monoisotopic (exact) mass is 201 g/mol. The van der Waals surface area contributed by atoms with Crippen LogP contribution < -0.4 is 5.32 Å². The quantitative estimate of drug-likeness (QED) is 0.707. The van der Waals surface area contributed by atoms with Gasteiger partial charge in [0.05, 0.1) is 16.7 Å². The van der Waals surface area contributed by atoms with E-state index < -0.39 is 0 Å². The van der Waals surface area contributed by atoms with Crippen LogP contribution in [0, 0.1) is 6.92 Å². The summed E-state index contributed by atoms with van der Waals surface area (Å²) in [5.74, 6) is 0.913. The molecule has 4 heteroatoms. The zero-order valence-electron chi connectivity index (χ0n) is 8.61. The molecule has 1 aliphatic rings. The van der Waals surface area contributed by atoms with Crippen LogP contribution in [0.2, 0.25) is 0 Å². The van der Waals surface area contributed by atoms with Crippen LogP contribution >= 0.6 is 0 Å².